The first-order valence-electron chi connectivity index (χ1n) is 7.47. The SMILES string of the molecule is O=C(N[C@@H](C[Se]Cc1ccccc1)C(=O)O)OCc1ccccc1. The third kappa shape index (κ3) is 6.44. The van der Waals surface area contributed by atoms with Crippen molar-refractivity contribution < 1.29 is 19.4 Å². The van der Waals surface area contributed by atoms with Crippen LogP contribution in [0.4, 0.5) is 4.79 Å². The van der Waals surface area contributed by atoms with E-state index in [1.54, 1.807) is 0 Å². The van der Waals surface area contributed by atoms with Crippen LogP contribution in [0.5, 0.6) is 0 Å². The molecule has 0 fully saturated rings. The van der Waals surface area contributed by atoms with Crippen LogP contribution in [0.25, 0.3) is 0 Å². The van der Waals surface area contributed by atoms with Crippen LogP contribution in [-0.2, 0) is 21.5 Å². The Morgan fingerprint density at radius 2 is 1.58 bits per heavy atom. The zero-order valence-corrected chi connectivity index (χ0v) is 14.8. The van der Waals surface area contributed by atoms with Gasteiger partial charge in [0.05, 0.1) is 0 Å². The van der Waals surface area contributed by atoms with Gasteiger partial charge in [0.25, 0.3) is 0 Å². The molecular formula is C18H19NO4Se. The van der Waals surface area contributed by atoms with Crippen molar-refractivity contribution in [3.05, 3.63) is 71.8 Å². The Kier molecular flexibility index (Phi) is 7.33. The molecule has 2 aromatic rings. The minimum atomic E-state index is -1.04. The standard InChI is InChI=1S/C18H19NO4Se/c20-17(21)16(13-24-12-15-9-5-2-6-10-15)19-18(22)23-11-14-7-3-1-4-8-14/h1-10,16H,11-13H2,(H,19,22)(H,20,21)/t16-/m0/s1. The van der Waals surface area contributed by atoms with Crippen molar-refractivity contribution in [2.24, 2.45) is 0 Å². The number of nitrogens with one attached hydrogen (secondary N) is 1. The second-order valence-electron chi connectivity index (χ2n) is 5.10. The first kappa shape index (κ1) is 18.0. The van der Waals surface area contributed by atoms with Crippen LogP contribution in [0.2, 0.25) is 5.32 Å². The molecule has 126 valence electrons. The molecule has 0 radical (unpaired) electrons. The molecule has 0 heterocycles. The Hall–Kier alpha value is -2.30. The van der Waals surface area contributed by atoms with Crippen molar-refractivity contribution in [1.29, 1.82) is 0 Å². The number of carbonyl (C=O) groups is 2. The first-order chi connectivity index (χ1) is 11.6. The van der Waals surface area contributed by atoms with Gasteiger partial charge in [0.1, 0.15) is 0 Å². The fourth-order valence-electron chi connectivity index (χ4n) is 1.95. The number of carboxylic acid groups (broad SMARTS) is 1. The maximum atomic E-state index is 11.8. The number of carboxylic acids is 1. The minimum absolute atomic E-state index is 0.0805. The van der Waals surface area contributed by atoms with Crippen LogP contribution in [0.1, 0.15) is 11.1 Å². The fraction of sp³-hybridized carbons (Fsp3) is 0.222. The summed E-state index contributed by atoms with van der Waals surface area (Å²) in [5, 5.41) is 12.9. The van der Waals surface area contributed by atoms with Crippen molar-refractivity contribution >= 4 is 27.0 Å². The summed E-state index contributed by atoms with van der Waals surface area (Å²) in [7, 11) is 0. The molecule has 2 aromatic carbocycles. The number of hydrogen-bond donors (Lipinski definition) is 2. The van der Waals surface area contributed by atoms with Crippen LogP contribution < -0.4 is 5.32 Å². The molecule has 0 saturated heterocycles. The molecule has 0 bridgehead atoms. The summed E-state index contributed by atoms with van der Waals surface area (Å²) < 4.78 is 5.07. The zero-order chi connectivity index (χ0) is 17.2. The Balaban J connectivity index is 1.75. The number of aliphatic carboxylic acids is 1. The van der Waals surface area contributed by atoms with E-state index >= 15 is 0 Å². The Labute approximate surface area is 147 Å². The summed E-state index contributed by atoms with van der Waals surface area (Å²) in [6, 6.07) is 18.2. The van der Waals surface area contributed by atoms with Crippen molar-refractivity contribution in [2.45, 2.75) is 23.3 Å². The number of carbonyl (C=O) groups excluding carboxylic acids is 1. The molecule has 2 N–H and O–H groups in total. The summed E-state index contributed by atoms with van der Waals surface area (Å²) in [5.74, 6) is -1.04. The summed E-state index contributed by atoms with van der Waals surface area (Å²) in [5.41, 5.74) is 2.03. The van der Waals surface area contributed by atoms with Crippen molar-refractivity contribution in [3.63, 3.8) is 0 Å². The van der Waals surface area contributed by atoms with Crippen LogP contribution in [0.3, 0.4) is 0 Å². The van der Waals surface area contributed by atoms with Gasteiger partial charge in [-0.15, -0.1) is 0 Å². The molecule has 6 heteroatoms. The van der Waals surface area contributed by atoms with E-state index < -0.39 is 18.1 Å². The summed E-state index contributed by atoms with van der Waals surface area (Å²) in [4.78, 5) is 23.1. The second-order valence-corrected chi connectivity index (χ2v) is 7.26. The summed E-state index contributed by atoms with van der Waals surface area (Å²) in [6.45, 7) is 0.119. The summed E-state index contributed by atoms with van der Waals surface area (Å²) in [6.07, 6.45) is -0.707. The molecule has 0 spiro atoms. The molecule has 24 heavy (non-hydrogen) atoms. The third-order valence-electron chi connectivity index (χ3n) is 3.20. The molecule has 2 rings (SSSR count). The van der Waals surface area contributed by atoms with Gasteiger partial charge in [-0.25, -0.2) is 0 Å². The normalized spacial score (nSPS) is 11.5. The van der Waals surface area contributed by atoms with Gasteiger partial charge in [0, 0.05) is 0 Å². The van der Waals surface area contributed by atoms with Crippen molar-refractivity contribution in [2.75, 3.05) is 0 Å². The maximum absolute atomic E-state index is 11.8. The topological polar surface area (TPSA) is 75.6 Å². The van der Waals surface area contributed by atoms with Gasteiger partial charge >= 0.3 is 147 Å². The van der Waals surface area contributed by atoms with Crippen LogP contribution in [-0.4, -0.2) is 38.2 Å². The van der Waals surface area contributed by atoms with E-state index in [0.29, 0.717) is 5.32 Å². The van der Waals surface area contributed by atoms with E-state index in [1.807, 2.05) is 60.7 Å². The fourth-order valence-corrected chi connectivity index (χ4v) is 4.06. The first-order valence-corrected chi connectivity index (χ1v) is 9.89. The zero-order valence-electron chi connectivity index (χ0n) is 13.1. The number of benzene rings is 2. The van der Waals surface area contributed by atoms with E-state index in [-0.39, 0.29) is 21.6 Å². The van der Waals surface area contributed by atoms with E-state index in [1.165, 1.54) is 5.56 Å². The van der Waals surface area contributed by atoms with Crippen LogP contribution >= 0.6 is 0 Å². The van der Waals surface area contributed by atoms with Gasteiger partial charge in [-0.3, -0.25) is 0 Å². The van der Waals surface area contributed by atoms with E-state index in [9.17, 15) is 14.7 Å². The van der Waals surface area contributed by atoms with Gasteiger partial charge in [0.2, 0.25) is 0 Å². The Morgan fingerprint density at radius 1 is 1.00 bits per heavy atom. The van der Waals surface area contributed by atoms with Gasteiger partial charge < -0.3 is 0 Å². The van der Waals surface area contributed by atoms with Crippen LogP contribution in [0.15, 0.2) is 60.7 Å². The number of amides is 1. The third-order valence-corrected chi connectivity index (χ3v) is 5.52. The molecule has 5 nitrogen and oxygen atoms in total. The van der Waals surface area contributed by atoms with Gasteiger partial charge in [0.15, 0.2) is 0 Å². The predicted octanol–water partition coefficient (Wildman–Crippen LogP) is 2.69. The molecule has 0 saturated carbocycles. The second kappa shape index (κ2) is 9.75. The number of alkyl carbamates (subject to hydrolysis) is 1. The Morgan fingerprint density at radius 3 is 2.17 bits per heavy atom. The molecule has 1 atom stereocenters. The van der Waals surface area contributed by atoms with E-state index in [0.717, 1.165) is 10.9 Å². The molecule has 0 aliphatic heterocycles. The van der Waals surface area contributed by atoms with Crippen molar-refractivity contribution in [3.8, 4) is 0 Å². The van der Waals surface area contributed by atoms with Gasteiger partial charge in [-0.1, -0.05) is 0 Å². The number of hydrogen-bond acceptors (Lipinski definition) is 3. The van der Waals surface area contributed by atoms with Crippen LogP contribution in [0, 0.1) is 0 Å². The monoisotopic (exact) mass is 393 g/mol. The number of ether oxygens (including phenoxy) is 1. The van der Waals surface area contributed by atoms with E-state index in [4.69, 9.17) is 4.74 Å². The Bertz CT molecular complexity index is 649. The average molecular weight is 392 g/mol. The summed E-state index contributed by atoms with van der Waals surface area (Å²) >= 11 is 0.0805. The molecule has 0 aliphatic rings. The predicted molar refractivity (Wildman–Crippen MR) is 91.9 cm³/mol. The molecular weight excluding hydrogens is 373 g/mol. The number of rotatable bonds is 8. The molecule has 1 amide bonds. The van der Waals surface area contributed by atoms with Crippen molar-refractivity contribution in [1.82, 2.24) is 5.32 Å². The molecule has 0 unspecified atom stereocenters. The van der Waals surface area contributed by atoms with Gasteiger partial charge in [-0.05, 0) is 0 Å². The average Bonchev–Trinajstić information content (AvgIpc) is 2.61. The molecule has 0 aromatic heterocycles. The quantitative estimate of drug-likeness (QED) is 0.678. The molecule has 0 aliphatic carbocycles. The van der Waals surface area contributed by atoms with E-state index in [2.05, 4.69) is 5.32 Å². The van der Waals surface area contributed by atoms with Gasteiger partial charge in [-0.2, -0.15) is 0 Å².